The van der Waals surface area contributed by atoms with Crippen molar-refractivity contribution in [2.24, 2.45) is 0 Å². The highest BCUT2D eigenvalue weighted by molar-refractivity contribution is 7.80. The number of carboxylic acid groups (broad SMARTS) is 1. The van der Waals surface area contributed by atoms with Crippen molar-refractivity contribution in [1.82, 2.24) is 20.2 Å². The van der Waals surface area contributed by atoms with Crippen LogP contribution in [0.25, 0.3) is 11.3 Å². The van der Waals surface area contributed by atoms with E-state index < -0.39 is 5.97 Å². The summed E-state index contributed by atoms with van der Waals surface area (Å²) in [7, 11) is 0. The smallest absolute Gasteiger partial charge is 0.335 e. The number of thiocarbonyl (C=S) groups is 1. The van der Waals surface area contributed by atoms with Crippen LogP contribution in [0, 0.1) is 6.92 Å². The van der Waals surface area contributed by atoms with Gasteiger partial charge in [0.1, 0.15) is 17.6 Å². The Bertz CT molecular complexity index is 1340. The highest BCUT2D eigenvalue weighted by Crippen LogP contribution is 2.41. The lowest BCUT2D eigenvalue weighted by atomic mass is 10.0. The molecule has 2 atom stereocenters. The summed E-state index contributed by atoms with van der Waals surface area (Å²) in [6.45, 7) is 2.47. The van der Waals surface area contributed by atoms with Gasteiger partial charge in [-0.2, -0.15) is 0 Å². The first kappa shape index (κ1) is 21.8. The molecule has 1 fully saturated rings. The van der Waals surface area contributed by atoms with Gasteiger partial charge in [-0.05, 0) is 78.8 Å². The van der Waals surface area contributed by atoms with Crippen molar-refractivity contribution in [3.63, 3.8) is 0 Å². The standard InChI is InChI=1S/C26H22N4O3S/c1-16-14-18(25(31)32)5-6-19(16)21-7-8-22(33-21)24-23(20-4-2-3-11-28-20)29-26(34)30(24)15-17-9-12-27-13-10-17/h2-14,23-24H,15H2,1H3,(H,29,34)(H,31,32)/t23-,24-/m0/s1. The summed E-state index contributed by atoms with van der Waals surface area (Å²) in [5, 5.41) is 13.3. The average Bonchev–Trinajstić information content (AvgIpc) is 3.45. The molecule has 0 bridgehead atoms. The van der Waals surface area contributed by atoms with Gasteiger partial charge >= 0.3 is 5.97 Å². The van der Waals surface area contributed by atoms with E-state index in [1.54, 1.807) is 36.8 Å². The van der Waals surface area contributed by atoms with Gasteiger partial charge in [0, 0.05) is 30.7 Å². The van der Waals surface area contributed by atoms with E-state index in [9.17, 15) is 9.90 Å². The summed E-state index contributed by atoms with van der Waals surface area (Å²) in [4.78, 5) is 22.1. The van der Waals surface area contributed by atoms with Crippen LogP contribution in [0.1, 0.15) is 45.0 Å². The molecule has 1 saturated heterocycles. The molecule has 170 valence electrons. The third-order valence-electron chi connectivity index (χ3n) is 5.96. The van der Waals surface area contributed by atoms with Crippen molar-refractivity contribution in [1.29, 1.82) is 0 Å². The van der Waals surface area contributed by atoms with E-state index in [2.05, 4.69) is 20.2 Å². The number of aromatic nitrogens is 2. The van der Waals surface area contributed by atoms with Crippen LogP contribution in [-0.4, -0.2) is 31.1 Å². The van der Waals surface area contributed by atoms with Gasteiger partial charge in [0.2, 0.25) is 0 Å². The lowest BCUT2D eigenvalue weighted by molar-refractivity contribution is 0.0697. The number of aryl methyl sites for hydroxylation is 1. The molecule has 5 rings (SSSR count). The number of nitrogens with zero attached hydrogens (tertiary/aromatic N) is 3. The number of hydrogen-bond acceptors (Lipinski definition) is 5. The fourth-order valence-electron chi connectivity index (χ4n) is 4.30. The van der Waals surface area contributed by atoms with Crippen LogP contribution >= 0.6 is 12.2 Å². The molecule has 0 radical (unpaired) electrons. The number of nitrogens with one attached hydrogen (secondary N) is 1. The fraction of sp³-hybridized carbons (Fsp3) is 0.154. The summed E-state index contributed by atoms with van der Waals surface area (Å²) < 4.78 is 6.37. The Hall–Kier alpha value is -4.04. The second-order valence-electron chi connectivity index (χ2n) is 8.15. The summed E-state index contributed by atoms with van der Waals surface area (Å²) in [6.07, 6.45) is 5.30. The number of hydrogen-bond donors (Lipinski definition) is 2. The molecule has 34 heavy (non-hydrogen) atoms. The Morgan fingerprint density at radius 2 is 1.94 bits per heavy atom. The Balaban J connectivity index is 1.53. The van der Waals surface area contributed by atoms with Crippen LogP contribution in [0.2, 0.25) is 0 Å². The minimum atomic E-state index is -0.953. The predicted molar refractivity (Wildman–Crippen MR) is 131 cm³/mol. The second kappa shape index (κ2) is 9.07. The van der Waals surface area contributed by atoms with Crippen molar-refractivity contribution in [2.75, 3.05) is 0 Å². The summed E-state index contributed by atoms with van der Waals surface area (Å²) in [5.41, 5.74) is 3.87. The Morgan fingerprint density at radius 1 is 1.12 bits per heavy atom. The topological polar surface area (TPSA) is 91.5 Å². The van der Waals surface area contributed by atoms with Crippen LogP contribution in [0.15, 0.2) is 83.7 Å². The van der Waals surface area contributed by atoms with Gasteiger partial charge in [-0.1, -0.05) is 12.1 Å². The monoisotopic (exact) mass is 470 g/mol. The minimum absolute atomic E-state index is 0.190. The number of carboxylic acids is 1. The minimum Gasteiger partial charge on any atom is -0.478 e. The molecule has 0 unspecified atom stereocenters. The maximum Gasteiger partial charge on any atom is 0.335 e. The molecule has 1 aliphatic heterocycles. The quantitative estimate of drug-likeness (QED) is 0.384. The Labute approximate surface area is 202 Å². The van der Waals surface area contributed by atoms with E-state index in [1.807, 2.05) is 49.4 Å². The number of benzene rings is 1. The summed E-state index contributed by atoms with van der Waals surface area (Å²) in [5.74, 6) is 0.463. The van der Waals surface area contributed by atoms with Crippen molar-refractivity contribution < 1.29 is 14.3 Å². The van der Waals surface area contributed by atoms with Crippen LogP contribution in [0.4, 0.5) is 0 Å². The molecule has 4 aromatic rings. The molecule has 2 N–H and O–H groups in total. The zero-order chi connectivity index (χ0) is 23.7. The van der Waals surface area contributed by atoms with Gasteiger partial charge in [0.15, 0.2) is 5.11 Å². The molecule has 8 heteroatoms. The summed E-state index contributed by atoms with van der Waals surface area (Å²) in [6, 6.07) is 18.2. The first-order valence-corrected chi connectivity index (χ1v) is 11.2. The first-order valence-electron chi connectivity index (χ1n) is 10.8. The number of aromatic carboxylic acids is 1. The first-order chi connectivity index (χ1) is 16.5. The van der Waals surface area contributed by atoms with Crippen molar-refractivity contribution in [3.05, 3.63) is 107 Å². The zero-order valence-electron chi connectivity index (χ0n) is 18.4. The van der Waals surface area contributed by atoms with E-state index in [-0.39, 0.29) is 17.6 Å². The van der Waals surface area contributed by atoms with Gasteiger partial charge in [-0.15, -0.1) is 0 Å². The van der Waals surface area contributed by atoms with E-state index in [4.69, 9.17) is 16.6 Å². The van der Waals surface area contributed by atoms with Crippen molar-refractivity contribution in [3.8, 4) is 11.3 Å². The third kappa shape index (κ3) is 4.15. The Morgan fingerprint density at radius 3 is 2.65 bits per heavy atom. The van der Waals surface area contributed by atoms with Crippen LogP contribution in [0.5, 0.6) is 0 Å². The molecule has 7 nitrogen and oxygen atoms in total. The van der Waals surface area contributed by atoms with Crippen molar-refractivity contribution >= 4 is 23.3 Å². The lowest BCUT2D eigenvalue weighted by Gasteiger charge is -2.26. The number of pyridine rings is 2. The van der Waals surface area contributed by atoms with Crippen LogP contribution in [-0.2, 0) is 6.54 Å². The predicted octanol–water partition coefficient (Wildman–Crippen LogP) is 4.92. The second-order valence-corrected chi connectivity index (χ2v) is 8.53. The average molecular weight is 471 g/mol. The molecule has 1 aromatic carbocycles. The normalized spacial score (nSPS) is 17.6. The van der Waals surface area contributed by atoms with Gasteiger partial charge < -0.3 is 19.7 Å². The number of rotatable bonds is 6. The van der Waals surface area contributed by atoms with E-state index >= 15 is 0 Å². The third-order valence-corrected chi connectivity index (χ3v) is 6.31. The highest BCUT2D eigenvalue weighted by atomic mass is 32.1. The van der Waals surface area contributed by atoms with E-state index in [0.717, 1.165) is 28.1 Å². The van der Waals surface area contributed by atoms with Crippen LogP contribution < -0.4 is 5.32 Å². The number of carbonyl (C=O) groups is 1. The van der Waals surface area contributed by atoms with Gasteiger partial charge in [-0.25, -0.2) is 4.79 Å². The molecule has 1 aliphatic rings. The number of furan rings is 1. The maximum absolute atomic E-state index is 11.3. The molecule has 0 spiro atoms. The van der Waals surface area contributed by atoms with E-state index in [0.29, 0.717) is 17.4 Å². The largest absolute Gasteiger partial charge is 0.478 e. The molecular formula is C26H22N4O3S. The molecule has 0 saturated carbocycles. The zero-order valence-corrected chi connectivity index (χ0v) is 19.2. The maximum atomic E-state index is 11.3. The SMILES string of the molecule is Cc1cc(C(=O)O)ccc1-c1ccc([C@H]2[C@H](c3ccccn3)NC(=S)N2Cc2ccncc2)o1. The van der Waals surface area contributed by atoms with Crippen LogP contribution in [0.3, 0.4) is 0 Å². The van der Waals surface area contributed by atoms with Crippen molar-refractivity contribution in [2.45, 2.75) is 25.6 Å². The fourth-order valence-corrected chi connectivity index (χ4v) is 4.60. The lowest BCUT2D eigenvalue weighted by Crippen LogP contribution is -2.29. The Kier molecular flexibility index (Phi) is 5.81. The molecule has 3 aromatic heterocycles. The molecular weight excluding hydrogens is 448 g/mol. The summed E-state index contributed by atoms with van der Waals surface area (Å²) >= 11 is 5.73. The molecule has 0 amide bonds. The van der Waals surface area contributed by atoms with E-state index in [1.165, 1.54) is 0 Å². The molecule has 4 heterocycles. The highest BCUT2D eigenvalue weighted by Gasteiger charge is 2.41. The van der Waals surface area contributed by atoms with Gasteiger partial charge in [-0.3, -0.25) is 9.97 Å². The van der Waals surface area contributed by atoms with Gasteiger partial charge in [0.05, 0.1) is 17.3 Å². The van der Waals surface area contributed by atoms with Gasteiger partial charge in [0.25, 0.3) is 0 Å². The molecule has 0 aliphatic carbocycles.